The number of fused-ring (bicyclic) bond motifs is 1. The molecule has 0 radical (unpaired) electrons. The summed E-state index contributed by atoms with van der Waals surface area (Å²) in [6.45, 7) is 3.85. The van der Waals surface area contributed by atoms with Crippen LogP contribution in [0.1, 0.15) is 23.6 Å². The van der Waals surface area contributed by atoms with E-state index >= 15 is 0 Å². The van der Waals surface area contributed by atoms with Crippen molar-refractivity contribution >= 4 is 11.7 Å². The van der Waals surface area contributed by atoms with Gasteiger partial charge in [-0.15, -0.1) is 0 Å². The van der Waals surface area contributed by atoms with Crippen LogP contribution in [0.25, 0.3) is 0 Å². The number of hydrazone groups is 1. The van der Waals surface area contributed by atoms with Crippen LogP contribution < -0.4 is 19.5 Å². The number of likely N-dealkylation sites (N-methyl/N-ethyl adjacent to an activating group) is 1. The van der Waals surface area contributed by atoms with Crippen molar-refractivity contribution in [3.05, 3.63) is 53.1 Å². The van der Waals surface area contributed by atoms with E-state index in [1.165, 1.54) is 5.01 Å². The van der Waals surface area contributed by atoms with Crippen molar-refractivity contribution in [1.82, 2.24) is 15.2 Å². The van der Waals surface area contributed by atoms with Gasteiger partial charge in [-0.25, -0.2) is 9.80 Å². The molecule has 1 N–H and O–H groups in total. The number of rotatable bonds is 5. The van der Waals surface area contributed by atoms with Crippen molar-refractivity contribution < 1.29 is 19.0 Å². The lowest BCUT2D eigenvalue weighted by atomic mass is 9.94. The van der Waals surface area contributed by atoms with Crippen LogP contribution in [-0.2, 0) is 6.42 Å². The number of likely N-dealkylation sites (tertiary alicyclic amines) is 1. The average molecular weight is 439 g/mol. The summed E-state index contributed by atoms with van der Waals surface area (Å²) in [5.74, 6) is 2.10. The first-order valence-corrected chi connectivity index (χ1v) is 10.7. The van der Waals surface area contributed by atoms with Crippen LogP contribution in [-0.4, -0.2) is 75.2 Å². The summed E-state index contributed by atoms with van der Waals surface area (Å²) in [5, 5.41) is 8.99. The van der Waals surface area contributed by atoms with E-state index in [0.717, 1.165) is 35.5 Å². The number of hydrogen-bond acceptors (Lipinski definition) is 6. The van der Waals surface area contributed by atoms with Crippen LogP contribution in [0.15, 0.2) is 41.5 Å². The smallest absolute Gasteiger partial charge is 0.337 e. The molecule has 8 heteroatoms. The van der Waals surface area contributed by atoms with Crippen molar-refractivity contribution in [2.75, 3.05) is 41.4 Å². The van der Waals surface area contributed by atoms with Crippen LogP contribution in [0.5, 0.6) is 17.2 Å². The Morgan fingerprint density at radius 2 is 1.75 bits per heavy atom. The number of amides is 2. The highest BCUT2D eigenvalue weighted by Crippen LogP contribution is 2.35. The minimum Gasteiger partial charge on any atom is -0.493 e. The molecule has 1 unspecified atom stereocenters. The van der Waals surface area contributed by atoms with Gasteiger partial charge in [-0.1, -0.05) is 0 Å². The first kappa shape index (κ1) is 22.0. The van der Waals surface area contributed by atoms with Gasteiger partial charge in [0.25, 0.3) is 0 Å². The monoisotopic (exact) mass is 438 g/mol. The number of methoxy groups -OCH3 is 2. The fourth-order valence-electron chi connectivity index (χ4n) is 4.15. The van der Waals surface area contributed by atoms with Crippen LogP contribution in [0.3, 0.4) is 0 Å². The zero-order valence-electron chi connectivity index (χ0n) is 19.2. The highest BCUT2D eigenvalue weighted by atomic mass is 16.5. The molecule has 1 saturated heterocycles. The predicted octanol–water partition coefficient (Wildman–Crippen LogP) is 2.74. The van der Waals surface area contributed by atoms with Gasteiger partial charge in [0, 0.05) is 31.3 Å². The van der Waals surface area contributed by atoms with Gasteiger partial charge in [0.15, 0.2) is 11.5 Å². The van der Waals surface area contributed by atoms with E-state index in [-0.39, 0.29) is 18.2 Å². The molecule has 1 atom stereocenters. The van der Waals surface area contributed by atoms with Crippen LogP contribution in [0.2, 0.25) is 0 Å². The number of nitrogens with one attached hydrogen (secondary N) is 1. The third-order valence-corrected chi connectivity index (χ3v) is 5.89. The molecular formula is C24H30N4O4. The quantitative estimate of drug-likeness (QED) is 0.777. The third kappa shape index (κ3) is 4.23. The summed E-state index contributed by atoms with van der Waals surface area (Å²) in [7, 11) is 6.92. The maximum Gasteiger partial charge on any atom is 0.337 e. The third-order valence-electron chi connectivity index (χ3n) is 5.89. The molecule has 8 nitrogen and oxygen atoms in total. The van der Waals surface area contributed by atoms with E-state index in [2.05, 4.69) is 17.3 Å². The Balaban J connectivity index is 1.75. The molecule has 1 fully saturated rings. The van der Waals surface area contributed by atoms with Gasteiger partial charge in [-0.3, -0.25) is 4.90 Å². The number of carbonyl (C=O) groups excluding carboxylic acids is 1. The maximum atomic E-state index is 12.6. The first-order valence-electron chi connectivity index (χ1n) is 10.7. The standard InChI is InChI=1S/C24H30N4O4/c1-15-10-17-11-21(30-4)22(31-5)12-20(17)23(26-28(15)24(29)25-2)16-6-8-18(9-7-16)32-19-13-27(3)14-19/h6-9,11-12,15,19H,10,13-14H2,1-5H3,(H,25,29). The lowest BCUT2D eigenvalue weighted by Gasteiger charge is -2.36. The van der Waals surface area contributed by atoms with E-state index in [9.17, 15) is 4.79 Å². The van der Waals surface area contributed by atoms with Gasteiger partial charge in [-0.05, 0) is 62.4 Å². The second-order valence-corrected chi connectivity index (χ2v) is 8.25. The molecule has 0 saturated carbocycles. The highest BCUT2D eigenvalue weighted by Gasteiger charge is 2.29. The van der Waals surface area contributed by atoms with Crippen molar-refractivity contribution in [1.29, 1.82) is 0 Å². The largest absolute Gasteiger partial charge is 0.493 e. The number of carbonyl (C=O) groups is 1. The Bertz CT molecular complexity index is 1020. The fourth-order valence-corrected chi connectivity index (χ4v) is 4.15. The predicted molar refractivity (Wildman–Crippen MR) is 123 cm³/mol. The zero-order valence-corrected chi connectivity index (χ0v) is 19.2. The minimum absolute atomic E-state index is 0.137. The van der Waals surface area contributed by atoms with Crippen molar-refractivity contribution in [2.24, 2.45) is 5.10 Å². The maximum absolute atomic E-state index is 12.6. The summed E-state index contributed by atoms with van der Waals surface area (Å²) in [5.41, 5.74) is 3.54. The van der Waals surface area contributed by atoms with E-state index in [1.807, 2.05) is 43.3 Å². The number of nitrogens with zero attached hydrogens (tertiary/aromatic N) is 3. The molecule has 2 aliphatic heterocycles. The summed E-state index contributed by atoms with van der Waals surface area (Å²) in [6, 6.07) is 11.4. The number of hydrogen-bond donors (Lipinski definition) is 1. The van der Waals surface area contributed by atoms with Gasteiger partial charge < -0.3 is 19.5 Å². The summed E-state index contributed by atoms with van der Waals surface area (Å²) in [4.78, 5) is 14.8. The molecule has 2 amide bonds. The molecule has 2 heterocycles. The Hall–Kier alpha value is -3.26. The molecule has 170 valence electrons. The summed E-state index contributed by atoms with van der Waals surface area (Å²) >= 11 is 0. The molecule has 0 spiro atoms. The lowest BCUT2D eigenvalue weighted by molar-refractivity contribution is 0.0388. The Labute approximate surface area is 188 Å². The van der Waals surface area contributed by atoms with Gasteiger partial charge in [0.2, 0.25) is 0 Å². The van der Waals surface area contributed by atoms with Crippen LogP contribution in [0.4, 0.5) is 4.79 Å². The van der Waals surface area contributed by atoms with Gasteiger partial charge in [-0.2, -0.15) is 5.10 Å². The Morgan fingerprint density at radius 3 is 2.34 bits per heavy atom. The normalized spacial score (nSPS) is 18.7. The first-order chi connectivity index (χ1) is 15.4. The highest BCUT2D eigenvalue weighted by molar-refractivity contribution is 6.14. The molecule has 0 bridgehead atoms. The summed E-state index contributed by atoms with van der Waals surface area (Å²) in [6.07, 6.45) is 0.857. The molecule has 0 aliphatic carbocycles. The zero-order chi connectivity index (χ0) is 22.8. The second kappa shape index (κ2) is 9.08. The number of ether oxygens (including phenoxy) is 3. The number of urea groups is 1. The molecule has 2 aromatic carbocycles. The van der Waals surface area contributed by atoms with E-state index in [1.54, 1.807) is 21.3 Å². The van der Waals surface area contributed by atoms with Crippen LogP contribution >= 0.6 is 0 Å². The molecule has 32 heavy (non-hydrogen) atoms. The van der Waals surface area contributed by atoms with Gasteiger partial charge in [0.05, 0.1) is 26.0 Å². The van der Waals surface area contributed by atoms with Gasteiger partial charge in [0.1, 0.15) is 11.9 Å². The van der Waals surface area contributed by atoms with E-state index < -0.39 is 0 Å². The van der Waals surface area contributed by atoms with Gasteiger partial charge >= 0.3 is 6.03 Å². The summed E-state index contributed by atoms with van der Waals surface area (Å²) < 4.78 is 17.1. The van der Waals surface area contributed by atoms with Crippen molar-refractivity contribution in [2.45, 2.75) is 25.5 Å². The molecular weight excluding hydrogens is 408 g/mol. The van der Waals surface area contributed by atoms with Crippen molar-refractivity contribution in [3.63, 3.8) is 0 Å². The SMILES string of the molecule is CNC(=O)N1N=C(c2ccc(OC3CN(C)C3)cc2)c2cc(OC)c(OC)cc2CC1C. The molecule has 2 aromatic rings. The Kier molecular flexibility index (Phi) is 6.23. The van der Waals surface area contributed by atoms with Crippen LogP contribution in [0, 0.1) is 0 Å². The average Bonchev–Trinajstić information content (AvgIpc) is 2.92. The van der Waals surface area contributed by atoms with E-state index in [0.29, 0.717) is 23.6 Å². The van der Waals surface area contributed by atoms with E-state index in [4.69, 9.17) is 19.3 Å². The Morgan fingerprint density at radius 1 is 1.09 bits per heavy atom. The molecule has 0 aromatic heterocycles. The van der Waals surface area contributed by atoms with Crippen molar-refractivity contribution in [3.8, 4) is 17.2 Å². The number of benzene rings is 2. The minimum atomic E-state index is -0.254. The fraction of sp³-hybridized carbons (Fsp3) is 0.417. The molecule has 4 rings (SSSR count). The topological polar surface area (TPSA) is 75.6 Å². The molecule has 2 aliphatic rings. The second-order valence-electron chi connectivity index (χ2n) is 8.25. The lowest BCUT2D eigenvalue weighted by Crippen LogP contribution is -2.51.